The molecule has 0 fully saturated rings. The van der Waals surface area contributed by atoms with E-state index >= 15 is 0 Å². The SMILES string of the molecule is COc1ccc(OS(=O)[O-])cc1.[Na+]. The van der Waals surface area contributed by atoms with Gasteiger partial charge < -0.3 is 13.5 Å². The molecule has 0 bridgehead atoms. The summed E-state index contributed by atoms with van der Waals surface area (Å²) < 4.78 is 29.4. The molecule has 0 aliphatic carbocycles. The molecule has 1 aromatic rings. The zero-order valence-corrected chi connectivity index (χ0v) is 10.2. The molecule has 66 valence electrons. The number of hydrogen-bond donors (Lipinski definition) is 0. The number of ether oxygens (including phenoxy) is 1. The summed E-state index contributed by atoms with van der Waals surface area (Å²) in [6.07, 6.45) is 0. The van der Waals surface area contributed by atoms with E-state index in [4.69, 9.17) is 4.74 Å². The second-order valence-electron chi connectivity index (χ2n) is 1.96. The minimum atomic E-state index is -2.52. The van der Waals surface area contributed by atoms with Crippen LogP contribution in [0.5, 0.6) is 11.5 Å². The third kappa shape index (κ3) is 4.64. The Labute approximate surface area is 101 Å². The van der Waals surface area contributed by atoms with Crippen LogP contribution in [-0.4, -0.2) is 15.9 Å². The van der Waals surface area contributed by atoms with Gasteiger partial charge in [0.15, 0.2) is 0 Å². The van der Waals surface area contributed by atoms with Gasteiger partial charge in [-0.05, 0) is 24.3 Å². The fourth-order valence-electron chi connectivity index (χ4n) is 0.710. The Kier molecular flexibility index (Phi) is 6.36. The van der Waals surface area contributed by atoms with E-state index < -0.39 is 11.4 Å². The first-order valence-corrected chi connectivity index (χ1v) is 4.14. The first-order valence-electron chi connectivity index (χ1n) is 3.14. The van der Waals surface area contributed by atoms with Gasteiger partial charge in [0, 0.05) is 0 Å². The number of benzene rings is 1. The van der Waals surface area contributed by atoms with Crippen molar-refractivity contribution < 1.29 is 47.2 Å². The second kappa shape index (κ2) is 6.39. The number of hydrogen-bond acceptors (Lipinski definition) is 4. The summed E-state index contributed by atoms with van der Waals surface area (Å²) in [7, 11) is 1.53. The molecule has 0 aliphatic heterocycles. The zero-order valence-electron chi connectivity index (χ0n) is 7.35. The van der Waals surface area contributed by atoms with Gasteiger partial charge in [-0.2, -0.15) is 0 Å². The summed E-state index contributed by atoms with van der Waals surface area (Å²) in [6, 6.07) is 6.24. The van der Waals surface area contributed by atoms with Crippen LogP contribution in [-0.2, 0) is 11.4 Å². The van der Waals surface area contributed by atoms with Crippen LogP contribution >= 0.6 is 0 Å². The monoisotopic (exact) mass is 210 g/mol. The van der Waals surface area contributed by atoms with Crippen molar-refractivity contribution in [3.8, 4) is 11.5 Å². The van der Waals surface area contributed by atoms with Crippen molar-refractivity contribution in [2.75, 3.05) is 7.11 Å². The van der Waals surface area contributed by atoms with E-state index in [0.717, 1.165) is 0 Å². The summed E-state index contributed by atoms with van der Waals surface area (Å²) >= 11 is -2.52. The summed E-state index contributed by atoms with van der Waals surface area (Å²) in [6.45, 7) is 0. The Morgan fingerprint density at radius 2 is 1.69 bits per heavy atom. The third-order valence-electron chi connectivity index (χ3n) is 1.22. The van der Waals surface area contributed by atoms with Crippen molar-refractivity contribution in [3.63, 3.8) is 0 Å². The van der Waals surface area contributed by atoms with Gasteiger partial charge in [0.2, 0.25) is 0 Å². The zero-order chi connectivity index (χ0) is 8.97. The molecular formula is C7H7NaO4S. The molecule has 0 radical (unpaired) electrons. The van der Waals surface area contributed by atoms with E-state index in [0.29, 0.717) is 5.75 Å². The molecule has 0 amide bonds. The van der Waals surface area contributed by atoms with Crippen LogP contribution in [0, 0.1) is 0 Å². The standard InChI is InChI=1S/C7H8O4S.Na/c1-10-6-2-4-7(5-3-6)11-12(8)9;/h2-5H,1H3,(H,8,9);/q;+1/p-1. The van der Waals surface area contributed by atoms with Gasteiger partial charge in [-0.15, -0.1) is 0 Å². The number of rotatable bonds is 3. The summed E-state index contributed by atoms with van der Waals surface area (Å²) in [5.74, 6) is 0.920. The maximum Gasteiger partial charge on any atom is 1.00 e. The van der Waals surface area contributed by atoms with Crippen LogP contribution in [0.2, 0.25) is 0 Å². The van der Waals surface area contributed by atoms with Gasteiger partial charge in [-0.25, -0.2) is 4.21 Å². The van der Waals surface area contributed by atoms with Gasteiger partial charge in [0.05, 0.1) is 7.11 Å². The van der Waals surface area contributed by atoms with Crippen LogP contribution in [0.1, 0.15) is 0 Å². The molecule has 1 atom stereocenters. The van der Waals surface area contributed by atoms with Crippen molar-refractivity contribution in [1.82, 2.24) is 0 Å². The van der Waals surface area contributed by atoms with Crippen LogP contribution in [0.3, 0.4) is 0 Å². The molecule has 13 heavy (non-hydrogen) atoms. The largest absolute Gasteiger partial charge is 1.00 e. The smallest absolute Gasteiger partial charge is 0.740 e. The van der Waals surface area contributed by atoms with Crippen molar-refractivity contribution in [2.45, 2.75) is 0 Å². The molecule has 0 aromatic heterocycles. The average molecular weight is 210 g/mol. The fourth-order valence-corrected chi connectivity index (χ4v) is 0.978. The molecule has 0 saturated heterocycles. The van der Waals surface area contributed by atoms with Gasteiger partial charge in [-0.1, -0.05) is 0 Å². The molecule has 0 heterocycles. The molecule has 0 N–H and O–H groups in total. The molecule has 1 unspecified atom stereocenters. The third-order valence-corrected chi connectivity index (χ3v) is 1.55. The van der Waals surface area contributed by atoms with E-state index in [1.165, 1.54) is 19.2 Å². The minimum Gasteiger partial charge on any atom is -0.740 e. The van der Waals surface area contributed by atoms with Gasteiger partial charge >= 0.3 is 29.6 Å². The van der Waals surface area contributed by atoms with Crippen LogP contribution in [0.15, 0.2) is 24.3 Å². The van der Waals surface area contributed by atoms with Crippen molar-refractivity contribution in [1.29, 1.82) is 0 Å². The predicted octanol–water partition coefficient (Wildman–Crippen LogP) is -2.13. The molecular weight excluding hydrogens is 203 g/mol. The second-order valence-corrected chi connectivity index (χ2v) is 2.54. The molecule has 0 saturated carbocycles. The fraction of sp³-hybridized carbons (Fsp3) is 0.143. The molecule has 1 aromatic carbocycles. The van der Waals surface area contributed by atoms with E-state index in [9.17, 15) is 8.76 Å². The Morgan fingerprint density at radius 1 is 1.23 bits per heavy atom. The quantitative estimate of drug-likeness (QED) is 0.422. The Morgan fingerprint density at radius 3 is 2.08 bits per heavy atom. The maximum atomic E-state index is 10.1. The molecule has 4 nitrogen and oxygen atoms in total. The number of methoxy groups -OCH3 is 1. The first-order chi connectivity index (χ1) is 5.72. The van der Waals surface area contributed by atoms with Crippen LogP contribution < -0.4 is 38.5 Å². The van der Waals surface area contributed by atoms with E-state index in [1.54, 1.807) is 12.1 Å². The van der Waals surface area contributed by atoms with Gasteiger partial charge in [-0.3, -0.25) is 0 Å². The van der Waals surface area contributed by atoms with E-state index in [-0.39, 0.29) is 35.3 Å². The summed E-state index contributed by atoms with van der Waals surface area (Å²) in [5, 5.41) is 0. The Balaban J connectivity index is 0.00000144. The van der Waals surface area contributed by atoms with E-state index in [1.807, 2.05) is 0 Å². The Bertz CT molecular complexity index is 274. The molecule has 6 heteroatoms. The summed E-state index contributed by atoms with van der Waals surface area (Å²) in [4.78, 5) is 0. The predicted molar refractivity (Wildman–Crippen MR) is 42.5 cm³/mol. The normalized spacial score (nSPS) is 11.2. The maximum absolute atomic E-state index is 10.1. The van der Waals surface area contributed by atoms with Crippen LogP contribution in [0.25, 0.3) is 0 Å². The topological polar surface area (TPSA) is 58.6 Å². The van der Waals surface area contributed by atoms with Crippen molar-refractivity contribution in [3.05, 3.63) is 24.3 Å². The van der Waals surface area contributed by atoms with Crippen molar-refractivity contribution >= 4 is 11.4 Å². The van der Waals surface area contributed by atoms with Crippen LogP contribution in [0.4, 0.5) is 0 Å². The summed E-state index contributed by atoms with van der Waals surface area (Å²) in [5.41, 5.74) is 0. The average Bonchev–Trinajstić information content (AvgIpc) is 2.05. The van der Waals surface area contributed by atoms with Gasteiger partial charge in [0.25, 0.3) is 0 Å². The Hall–Kier alpha value is -0.0700. The van der Waals surface area contributed by atoms with Gasteiger partial charge in [0.1, 0.15) is 22.9 Å². The molecule has 0 spiro atoms. The van der Waals surface area contributed by atoms with E-state index in [2.05, 4.69) is 4.18 Å². The molecule has 1 rings (SSSR count). The minimum absolute atomic E-state index is 0. The van der Waals surface area contributed by atoms with Crippen molar-refractivity contribution in [2.24, 2.45) is 0 Å². The molecule has 0 aliphatic rings. The first kappa shape index (κ1) is 12.9.